The Morgan fingerprint density at radius 3 is 2.56 bits per heavy atom. The van der Waals surface area contributed by atoms with Crippen LogP contribution in [0, 0.1) is 0 Å². The van der Waals surface area contributed by atoms with Crippen LogP contribution in [0.2, 0.25) is 0 Å². The lowest BCUT2D eigenvalue weighted by atomic mass is 10.1. The molecule has 0 aliphatic rings. The first kappa shape index (κ1) is 13.1. The number of para-hydroxylation sites is 1. The number of ether oxygens (including phenoxy) is 1. The van der Waals surface area contributed by atoms with Gasteiger partial charge in [-0.2, -0.15) is 0 Å². The minimum atomic E-state index is 0.574. The predicted octanol–water partition coefficient (Wildman–Crippen LogP) is 3.75. The van der Waals surface area contributed by atoms with Gasteiger partial charge in [-0.3, -0.25) is 0 Å². The van der Waals surface area contributed by atoms with Gasteiger partial charge in [0.15, 0.2) is 0 Å². The van der Waals surface area contributed by atoms with Crippen molar-refractivity contribution in [1.82, 2.24) is 5.32 Å². The lowest BCUT2D eigenvalue weighted by Gasteiger charge is -2.09. The first-order valence-electron chi connectivity index (χ1n) is 5.89. The molecule has 0 fully saturated rings. The Kier molecular flexibility index (Phi) is 4.79. The average molecular weight is 306 g/mol. The number of hydrogen-bond acceptors (Lipinski definition) is 2. The van der Waals surface area contributed by atoms with E-state index in [2.05, 4.69) is 39.4 Å². The molecule has 0 radical (unpaired) electrons. The van der Waals surface area contributed by atoms with Gasteiger partial charge in [-0.05, 0) is 30.8 Å². The Morgan fingerprint density at radius 1 is 1.11 bits per heavy atom. The van der Waals surface area contributed by atoms with Crippen molar-refractivity contribution < 1.29 is 4.74 Å². The maximum absolute atomic E-state index is 5.73. The van der Waals surface area contributed by atoms with E-state index in [0.717, 1.165) is 22.3 Å². The van der Waals surface area contributed by atoms with Crippen molar-refractivity contribution in [3.63, 3.8) is 0 Å². The average Bonchev–Trinajstić information content (AvgIpc) is 2.39. The fourth-order valence-corrected chi connectivity index (χ4v) is 2.24. The molecule has 2 rings (SSSR count). The van der Waals surface area contributed by atoms with Crippen LogP contribution in [0.5, 0.6) is 5.75 Å². The van der Waals surface area contributed by atoms with Gasteiger partial charge >= 0.3 is 0 Å². The number of halogens is 1. The molecule has 0 heterocycles. The van der Waals surface area contributed by atoms with Crippen LogP contribution in [0.4, 0.5) is 0 Å². The Labute approximate surface area is 116 Å². The summed E-state index contributed by atoms with van der Waals surface area (Å²) in [6.07, 6.45) is 0. The highest BCUT2D eigenvalue weighted by molar-refractivity contribution is 9.10. The van der Waals surface area contributed by atoms with E-state index in [1.54, 1.807) is 0 Å². The summed E-state index contributed by atoms with van der Waals surface area (Å²) in [6.45, 7) is 1.45. The Hall–Kier alpha value is -1.32. The molecule has 0 spiro atoms. The second-order valence-electron chi connectivity index (χ2n) is 4.06. The van der Waals surface area contributed by atoms with E-state index in [4.69, 9.17) is 4.74 Å². The van der Waals surface area contributed by atoms with Gasteiger partial charge < -0.3 is 10.1 Å². The molecule has 2 aromatic rings. The first-order valence-corrected chi connectivity index (χ1v) is 6.68. The van der Waals surface area contributed by atoms with Gasteiger partial charge in [0.1, 0.15) is 12.4 Å². The highest BCUT2D eigenvalue weighted by Crippen LogP contribution is 2.21. The van der Waals surface area contributed by atoms with Crippen molar-refractivity contribution in [2.24, 2.45) is 0 Å². The van der Waals surface area contributed by atoms with Crippen LogP contribution in [-0.4, -0.2) is 7.05 Å². The Balaban J connectivity index is 2.01. The first-order chi connectivity index (χ1) is 8.79. The van der Waals surface area contributed by atoms with Crippen LogP contribution in [0.25, 0.3) is 0 Å². The number of benzene rings is 2. The van der Waals surface area contributed by atoms with Crippen molar-refractivity contribution in [3.8, 4) is 5.75 Å². The quantitative estimate of drug-likeness (QED) is 0.908. The topological polar surface area (TPSA) is 21.3 Å². The van der Waals surface area contributed by atoms with Gasteiger partial charge in [-0.15, -0.1) is 0 Å². The van der Waals surface area contributed by atoms with E-state index in [9.17, 15) is 0 Å². The van der Waals surface area contributed by atoms with Crippen molar-refractivity contribution in [1.29, 1.82) is 0 Å². The molecule has 0 aliphatic heterocycles. The molecule has 0 amide bonds. The maximum atomic E-state index is 5.73. The third-order valence-electron chi connectivity index (χ3n) is 2.64. The summed E-state index contributed by atoms with van der Waals surface area (Å²) in [7, 11) is 1.94. The minimum Gasteiger partial charge on any atom is -0.489 e. The minimum absolute atomic E-state index is 0.574. The third-order valence-corrected chi connectivity index (χ3v) is 3.37. The normalized spacial score (nSPS) is 10.3. The molecule has 0 atom stereocenters. The summed E-state index contributed by atoms with van der Waals surface area (Å²) in [5.41, 5.74) is 2.41. The van der Waals surface area contributed by atoms with Gasteiger partial charge in [0.25, 0.3) is 0 Å². The van der Waals surface area contributed by atoms with Crippen LogP contribution in [-0.2, 0) is 13.2 Å². The molecule has 0 bridgehead atoms. The summed E-state index contributed by atoms with van der Waals surface area (Å²) in [6, 6.07) is 16.2. The van der Waals surface area contributed by atoms with Crippen LogP contribution in [0.1, 0.15) is 11.1 Å². The van der Waals surface area contributed by atoms with E-state index in [0.29, 0.717) is 6.61 Å². The zero-order valence-corrected chi connectivity index (χ0v) is 11.9. The molecule has 0 aliphatic carbocycles. The molecule has 0 saturated carbocycles. The molecular formula is C15H16BrNO. The molecule has 2 aromatic carbocycles. The summed E-state index contributed by atoms with van der Waals surface area (Å²) < 4.78 is 6.82. The van der Waals surface area contributed by atoms with Crippen LogP contribution in [0.15, 0.2) is 53.0 Å². The van der Waals surface area contributed by atoms with Gasteiger partial charge in [0.2, 0.25) is 0 Å². The number of rotatable bonds is 5. The van der Waals surface area contributed by atoms with E-state index in [1.807, 2.05) is 37.4 Å². The fourth-order valence-electron chi connectivity index (χ4n) is 1.70. The zero-order valence-electron chi connectivity index (χ0n) is 10.3. The number of nitrogens with one attached hydrogen (secondary N) is 1. The molecule has 0 aromatic heterocycles. The summed E-state index contributed by atoms with van der Waals surface area (Å²) in [5, 5.41) is 3.14. The van der Waals surface area contributed by atoms with Crippen LogP contribution >= 0.6 is 15.9 Å². The SMILES string of the molecule is CNCc1ccc(COc2ccccc2)c(Br)c1. The van der Waals surface area contributed by atoms with Gasteiger partial charge in [-0.1, -0.05) is 46.3 Å². The third kappa shape index (κ3) is 3.59. The molecule has 0 saturated heterocycles. The highest BCUT2D eigenvalue weighted by Gasteiger charge is 2.02. The fraction of sp³-hybridized carbons (Fsp3) is 0.200. The summed E-state index contributed by atoms with van der Waals surface area (Å²) >= 11 is 3.58. The van der Waals surface area contributed by atoms with Gasteiger partial charge in [0.05, 0.1) is 0 Å². The lowest BCUT2D eigenvalue weighted by Crippen LogP contribution is -2.05. The van der Waals surface area contributed by atoms with Crippen molar-refractivity contribution in [3.05, 3.63) is 64.1 Å². The summed E-state index contributed by atoms with van der Waals surface area (Å²) in [5.74, 6) is 0.892. The van der Waals surface area contributed by atoms with Crippen molar-refractivity contribution in [2.75, 3.05) is 7.05 Å². The molecule has 1 N–H and O–H groups in total. The van der Waals surface area contributed by atoms with Crippen molar-refractivity contribution in [2.45, 2.75) is 13.2 Å². The Bertz CT molecular complexity index is 499. The zero-order chi connectivity index (χ0) is 12.8. The van der Waals surface area contributed by atoms with Crippen molar-refractivity contribution >= 4 is 15.9 Å². The predicted molar refractivity (Wildman–Crippen MR) is 77.7 cm³/mol. The molecule has 0 unspecified atom stereocenters. The molecule has 94 valence electrons. The highest BCUT2D eigenvalue weighted by atomic mass is 79.9. The van der Waals surface area contributed by atoms with E-state index in [-0.39, 0.29) is 0 Å². The number of hydrogen-bond donors (Lipinski definition) is 1. The molecule has 2 nitrogen and oxygen atoms in total. The van der Waals surface area contributed by atoms with Gasteiger partial charge in [0, 0.05) is 16.6 Å². The summed E-state index contributed by atoms with van der Waals surface area (Å²) in [4.78, 5) is 0. The monoisotopic (exact) mass is 305 g/mol. The smallest absolute Gasteiger partial charge is 0.119 e. The van der Waals surface area contributed by atoms with Gasteiger partial charge in [-0.25, -0.2) is 0 Å². The molecule has 3 heteroatoms. The second kappa shape index (κ2) is 6.57. The second-order valence-corrected chi connectivity index (χ2v) is 4.91. The van der Waals surface area contributed by atoms with Crippen LogP contribution in [0.3, 0.4) is 0 Å². The largest absolute Gasteiger partial charge is 0.489 e. The standard InChI is InChI=1S/C15H16BrNO/c1-17-10-12-7-8-13(15(16)9-12)11-18-14-5-3-2-4-6-14/h2-9,17H,10-11H2,1H3. The van der Waals surface area contributed by atoms with E-state index >= 15 is 0 Å². The van der Waals surface area contributed by atoms with E-state index < -0.39 is 0 Å². The maximum Gasteiger partial charge on any atom is 0.119 e. The lowest BCUT2D eigenvalue weighted by molar-refractivity contribution is 0.305. The Morgan fingerprint density at radius 2 is 1.89 bits per heavy atom. The van der Waals surface area contributed by atoms with Crippen LogP contribution < -0.4 is 10.1 Å². The molecular weight excluding hydrogens is 290 g/mol. The molecule has 18 heavy (non-hydrogen) atoms. The van der Waals surface area contributed by atoms with E-state index in [1.165, 1.54) is 5.56 Å².